The Morgan fingerprint density at radius 2 is 2.22 bits per heavy atom. The SMILES string of the molecule is CCNC(c1cnn(C)c1)c1cccc(Cl)c1C. The summed E-state index contributed by atoms with van der Waals surface area (Å²) in [5, 5.41) is 8.53. The molecule has 0 spiro atoms. The zero-order valence-electron chi connectivity index (χ0n) is 10.9. The first-order chi connectivity index (χ1) is 8.63. The Bertz CT molecular complexity index is 534. The van der Waals surface area contributed by atoms with Gasteiger partial charge in [0, 0.05) is 23.8 Å². The van der Waals surface area contributed by atoms with Crippen LogP contribution in [-0.4, -0.2) is 16.3 Å². The van der Waals surface area contributed by atoms with Crippen molar-refractivity contribution in [2.75, 3.05) is 6.54 Å². The lowest BCUT2D eigenvalue weighted by molar-refractivity contribution is 0.627. The molecule has 1 N–H and O–H groups in total. The van der Waals surface area contributed by atoms with Crippen molar-refractivity contribution in [2.24, 2.45) is 7.05 Å². The van der Waals surface area contributed by atoms with Gasteiger partial charge in [-0.2, -0.15) is 5.10 Å². The summed E-state index contributed by atoms with van der Waals surface area (Å²) in [6.45, 7) is 5.05. The third-order valence-electron chi connectivity index (χ3n) is 3.09. The second-order valence-corrected chi connectivity index (χ2v) is 4.80. The van der Waals surface area contributed by atoms with Crippen molar-refractivity contribution in [1.29, 1.82) is 0 Å². The number of hydrogen-bond donors (Lipinski definition) is 1. The molecule has 1 aromatic heterocycles. The fraction of sp³-hybridized carbons (Fsp3) is 0.357. The van der Waals surface area contributed by atoms with Gasteiger partial charge in [-0.05, 0) is 30.7 Å². The fourth-order valence-corrected chi connectivity index (χ4v) is 2.32. The number of aromatic nitrogens is 2. The Morgan fingerprint density at radius 3 is 2.83 bits per heavy atom. The number of rotatable bonds is 4. The van der Waals surface area contributed by atoms with Crippen LogP contribution in [0.4, 0.5) is 0 Å². The van der Waals surface area contributed by atoms with E-state index in [4.69, 9.17) is 11.6 Å². The minimum atomic E-state index is 0.141. The van der Waals surface area contributed by atoms with E-state index in [9.17, 15) is 0 Å². The van der Waals surface area contributed by atoms with Gasteiger partial charge in [-0.1, -0.05) is 30.7 Å². The van der Waals surface area contributed by atoms with Gasteiger partial charge < -0.3 is 5.32 Å². The van der Waals surface area contributed by atoms with Gasteiger partial charge in [-0.3, -0.25) is 4.68 Å². The molecular formula is C14H18ClN3. The molecule has 0 fully saturated rings. The molecule has 1 atom stereocenters. The smallest absolute Gasteiger partial charge is 0.0610 e. The number of halogens is 1. The monoisotopic (exact) mass is 263 g/mol. The van der Waals surface area contributed by atoms with Crippen molar-refractivity contribution in [3.05, 3.63) is 52.3 Å². The lowest BCUT2D eigenvalue weighted by Gasteiger charge is -2.19. The topological polar surface area (TPSA) is 29.9 Å². The van der Waals surface area contributed by atoms with E-state index in [1.165, 1.54) is 5.56 Å². The molecule has 2 aromatic rings. The lowest BCUT2D eigenvalue weighted by atomic mass is 9.97. The summed E-state index contributed by atoms with van der Waals surface area (Å²) >= 11 is 6.20. The summed E-state index contributed by atoms with van der Waals surface area (Å²) in [6.07, 6.45) is 3.93. The van der Waals surface area contributed by atoms with Crippen LogP contribution in [0.25, 0.3) is 0 Å². The van der Waals surface area contributed by atoms with Crippen LogP contribution in [0, 0.1) is 6.92 Å². The summed E-state index contributed by atoms with van der Waals surface area (Å²) in [7, 11) is 1.93. The molecular weight excluding hydrogens is 246 g/mol. The van der Waals surface area contributed by atoms with Crippen LogP contribution in [0.2, 0.25) is 5.02 Å². The van der Waals surface area contributed by atoms with Gasteiger partial charge in [0.2, 0.25) is 0 Å². The molecule has 0 aliphatic rings. The highest BCUT2D eigenvalue weighted by molar-refractivity contribution is 6.31. The van der Waals surface area contributed by atoms with Gasteiger partial charge in [0.25, 0.3) is 0 Å². The Kier molecular flexibility index (Phi) is 4.04. The normalized spacial score (nSPS) is 12.7. The van der Waals surface area contributed by atoms with Crippen LogP contribution in [0.1, 0.15) is 29.7 Å². The Balaban J connectivity index is 2.44. The first kappa shape index (κ1) is 13.1. The summed E-state index contributed by atoms with van der Waals surface area (Å²) in [4.78, 5) is 0. The van der Waals surface area contributed by atoms with E-state index in [0.29, 0.717) is 0 Å². The van der Waals surface area contributed by atoms with Crippen LogP contribution in [0.5, 0.6) is 0 Å². The van der Waals surface area contributed by atoms with Crippen LogP contribution < -0.4 is 5.32 Å². The predicted octanol–water partition coefficient (Wildman–Crippen LogP) is 3.08. The molecule has 0 amide bonds. The van der Waals surface area contributed by atoms with Gasteiger partial charge in [0.05, 0.1) is 12.2 Å². The van der Waals surface area contributed by atoms with E-state index >= 15 is 0 Å². The van der Waals surface area contributed by atoms with Crippen molar-refractivity contribution in [2.45, 2.75) is 19.9 Å². The van der Waals surface area contributed by atoms with Gasteiger partial charge >= 0.3 is 0 Å². The summed E-state index contributed by atoms with van der Waals surface area (Å²) < 4.78 is 1.82. The molecule has 0 saturated heterocycles. The summed E-state index contributed by atoms with van der Waals surface area (Å²) in [5.74, 6) is 0. The van der Waals surface area contributed by atoms with Gasteiger partial charge in [-0.15, -0.1) is 0 Å². The molecule has 3 nitrogen and oxygen atoms in total. The van der Waals surface area contributed by atoms with E-state index in [-0.39, 0.29) is 6.04 Å². The van der Waals surface area contributed by atoms with Gasteiger partial charge in [-0.25, -0.2) is 0 Å². The Labute approximate surface area is 113 Å². The number of benzene rings is 1. The molecule has 1 aromatic carbocycles. The fourth-order valence-electron chi connectivity index (χ4n) is 2.14. The quantitative estimate of drug-likeness (QED) is 0.919. The molecule has 0 radical (unpaired) electrons. The highest BCUT2D eigenvalue weighted by Crippen LogP contribution is 2.28. The lowest BCUT2D eigenvalue weighted by Crippen LogP contribution is -2.22. The summed E-state index contributed by atoms with van der Waals surface area (Å²) in [6, 6.07) is 6.17. The van der Waals surface area contributed by atoms with Crippen LogP contribution in [-0.2, 0) is 7.05 Å². The van der Waals surface area contributed by atoms with Gasteiger partial charge in [0.15, 0.2) is 0 Å². The molecule has 2 rings (SSSR count). The van der Waals surface area contributed by atoms with E-state index < -0.39 is 0 Å². The second kappa shape index (κ2) is 5.55. The van der Waals surface area contributed by atoms with Crippen LogP contribution in [0.3, 0.4) is 0 Å². The van der Waals surface area contributed by atoms with E-state index in [0.717, 1.165) is 22.7 Å². The number of nitrogens with zero attached hydrogens (tertiary/aromatic N) is 2. The van der Waals surface area contributed by atoms with Crippen LogP contribution >= 0.6 is 11.6 Å². The van der Waals surface area contributed by atoms with E-state index in [1.807, 2.05) is 36.3 Å². The number of aryl methyl sites for hydroxylation is 1. The number of nitrogens with one attached hydrogen (secondary N) is 1. The molecule has 96 valence electrons. The average Bonchev–Trinajstić information content (AvgIpc) is 2.77. The third-order valence-corrected chi connectivity index (χ3v) is 3.50. The molecule has 18 heavy (non-hydrogen) atoms. The Hall–Kier alpha value is -1.32. The molecule has 0 aliphatic carbocycles. The molecule has 0 aliphatic heterocycles. The predicted molar refractivity (Wildman–Crippen MR) is 74.9 cm³/mol. The highest BCUT2D eigenvalue weighted by atomic mass is 35.5. The maximum absolute atomic E-state index is 6.20. The molecule has 4 heteroatoms. The van der Waals surface area contributed by atoms with Crippen molar-refractivity contribution < 1.29 is 0 Å². The zero-order chi connectivity index (χ0) is 13.1. The zero-order valence-corrected chi connectivity index (χ0v) is 11.7. The van der Waals surface area contributed by atoms with Gasteiger partial charge in [0.1, 0.15) is 0 Å². The van der Waals surface area contributed by atoms with Crippen molar-refractivity contribution in [3.8, 4) is 0 Å². The maximum Gasteiger partial charge on any atom is 0.0610 e. The highest BCUT2D eigenvalue weighted by Gasteiger charge is 2.17. The minimum absolute atomic E-state index is 0.141. The number of hydrogen-bond acceptors (Lipinski definition) is 2. The molecule has 1 heterocycles. The first-order valence-electron chi connectivity index (χ1n) is 6.10. The van der Waals surface area contributed by atoms with E-state index in [1.54, 1.807) is 0 Å². The minimum Gasteiger partial charge on any atom is -0.306 e. The second-order valence-electron chi connectivity index (χ2n) is 4.39. The maximum atomic E-state index is 6.20. The average molecular weight is 264 g/mol. The van der Waals surface area contributed by atoms with Crippen molar-refractivity contribution >= 4 is 11.6 Å². The third kappa shape index (κ3) is 2.57. The Morgan fingerprint density at radius 1 is 1.44 bits per heavy atom. The molecule has 0 bridgehead atoms. The largest absolute Gasteiger partial charge is 0.306 e. The van der Waals surface area contributed by atoms with Crippen molar-refractivity contribution in [1.82, 2.24) is 15.1 Å². The molecule has 1 unspecified atom stereocenters. The first-order valence-corrected chi connectivity index (χ1v) is 6.48. The summed E-state index contributed by atoms with van der Waals surface area (Å²) in [5.41, 5.74) is 3.48. The van der Waals surface area contributed by atoms with Crippen LogP contribution in [0.15, 0.2) is 30.6 Å². The van der Waals surface area contributed by atoms with E-state index in [2.05, 4.69) is 30.3 Å². The standard InChI is InChI=1S/C14H18ClN3/c1-4-16-14(11-8-17-18(3)9-11)12-6-5-7-13(15)10(12)2/h5-9,14,16H,4H2,1-3H3. The molecule has 0 saturated carbocycles. The van der Waals surface area contributed by atoms with Crippen molar-refractivity contribution in [3.63, 3.8) is 0 Å².